The van der Waals surface area contributed by atoms with Gasteiger partial charge in [-0.15, -0.1) is 0 Å². The highest BCUT2D eigenvalue weighted by molar-refractivity contribution is 6.30. The fourth-order valence-corrected chi connectivity index (χ4v) is 4.65. The van der Waals surface area contributed by atoms with E-state index >= 15 is 0 Å². The number of carbonyl (C=O) groups is 2. The van der Waals surface area contributed by atoms with Crippen LogP contribution in [0.3, 0.4) is 0 Å². The maximum atomic E-state index is 12.8. The minimum Gasteiger partial charge on any atom is -0.369 e. The number of halogens is 1. The van der Waals surface area contributed by atoms with Gasteiger partial charge in [0.15, 0.2) is 0 Å². The summed E-state index contributed by atoms with van der Waals surface area (Å²) in [5.41, 5.74) is 0.769. The Morgan fingerprint density at radius 3 is 2.44 bits per heavy atom. The molecule has 0 bridgehead atoms. The van der Waals surface area contributed by atoms with Crippen molar-refractivity contribution in [2.24, 2.45) is 5.41 Å². The molecule has 2 saturated heterocycles. The van der Waals surface area contributed by atoms with E-state index in [4.69, 9.17) is 11.6 Å². The predicted molar refractivity (Wildman–Crippen MR) is 97.5 cm³/mol. The van der Waals surface area contributed by atoms with E-state index in [1.165, 1.54) is 4.90 Å². The molecule has 1 aromatic carbocycles. The number of piperazine rings is 1. The Labute approximate surface area is 153 Å². The molecular weight excluding hydrogens is 338 g/mol. The Morgan fingerprint density at radius 2 is 1.76 bits per heavy atom. The van der Waals surface area contributed by atoms with Crippen molar-refractivity contribution in [3.8, 4) is 0 Å². The molecule has 4 rings (SSSR count). The Kier molecular flexibility index (Phi) is 4.46. The second kappa shape index (κ2) is 6.61. The Bertz CT molecular complexity index is 679. The first-order valence-corrected chi connectivity index (χ1v) is 9.53. The Morgan fingerprint density at radius 1 is 1.04 bits per heavy atom. The molecule has 3 fully saturated rings. The monoisotopic (exact) mass is 361 g/mol. The van der Waals surface area contributed by atoms with Gasteiger partial charge in [0, 0.05) is 43.3 Å². The maximum Gasteiger partial charge on any atom is 0.237 e. The summed E-state index contributed by atoms with van der Waals surface area (Å²) in [5, 5.41) is 0.745. The van der Waals surface area contributed by atoms with Gasteiger partial charge in [-0.05, 0) is 31.0 Å². The molecule has 1 aliphatic carbocycles. The second-order valence-electron chi connectivity index (χ2n) is 7.52. The molecule has 134 valence electrons. The molecule has 2 amide bonds. The minimum absolute atomic E-state index is 0.0178. The van der Waals surface area contributed by atoms with Gasteiger partial charge in [0.25, 0.3) is 0 Å². The van der Waals surface area contributed by atoms with Crippen LogP contribution >= 0.6 is 11.6 Å². The lowest BCUT2D eigenvalue weighted by Gasteiger charge is -2.37. The molecular formula is C19H24ClN3O2. The van der Waals surface area contributed by atoms with E-state index in [9.17, 15) is 9.59 Å². The van der Waals surface area contributed by atoms with E-state index in [-0.39, 0.29) is 17.2 Å². The Hall–Kier alpha value is -1.59. The van der Waals surface area contributed by atoms with Crippen molar-refractivity contribution in [2.75, 3.05) is 37.7 Å². The summed E-state index contributed by atoms with van der Waals surface area (Å²) >= 11 is 6.08. The van der Waals surface area contributed by atoms with Crippen molar-refractivity contribution in [1.82, 2.24) is 9.80 Å². The second-order valence-corrected chi connectivity index (χ2v) is 7.95. The van der Waals surface area contributed by atoms with Crippen molar-refractivity contribution < 1.29 is 9.59 Å². The van der Waals surface area contributed by atoms with Crippen molar-refractivity contribution >= 4 is 29.1 Å². The van der Waals surface area contributed by atoms with Gasteiger partial charge >= 0.3 is 0 Å². The minimum atomic E-state index is -0.361. The summed E-state index contributed by atoms with van der Waals surface area (Å²) in [7, 11) is 0. The van der Waals surface area contributed by atoms with Crippen LogP contribution in [0.1, 0.15) is 32.1 Å². The molecule has 1 saturated carbocycles. The molecule has 0 unspecified atom stereocenters. The molecule has 6 heteroatoms. The van der Waals surface area contributed by atoms with Gasteiger partial charge in [-0.2, -0.15) is 0 Å². The normalized spacial score (nSPS) is 23.9. The lowest BCUT2D eigenvalue weighted by Crippen LogP contribution is -2.51. The van der Waals surface area contributed by atoms with Gasteiger partial charge in [0.2, 0.25) is 11.8 Å². The number of imide groups is 1. The van der Waals surface area contributed by atoms with E-state index in [0.717, 1.165) is 62.6 Å². The van der Waals surface area contributed by atoms with Crippen LogP contribution in [-0.2, 0) is 9.59 Å². The largest absolute Gasteiger partial charge is 0.369 e. The highest BCUT2D eigenvalue weighted by atomic mass is 35.5. The van der Waals surface area contributed by atoms with E-state index in [1.807, 2.05) is 18.2 Å². The molecule has 5 nitrogen and oxygen atoms in total. The van der Waals surface area contributed by atoms with E-state index < -0.39 is 0 Å². The van der Waals surface area contributed by atoms with Crippen molar-refractivity contribution in [3.05, 3.63) is 29.3 Å². The van der Waals surface area contributed by atoms with E-state index in [0.29, 0.717) is 13.1 Å². The highest BCUT2D eigenvalue weighted by Gasteiger charge is 2.52. The van der Waals surface area contributed by atoms with Gasteiger partial charge in [0.05, 0.1) is 12.1 Å². The third-order valence-electron chi connectivity index (χ3n) is 5.94. The van der Waals surface area contributed by atoms with Crippen molar-refractivity contribution in [1.29, 1.82) is 0 Å². The van der Waals surface area contributed by atoms with Gasteiger partial charge in [-0.25, -0.2) is 0 Å². The van der Waals surface area contributed by atoms with Gasteiger partial charge in [-0.1, -0.05) is 30.5 Å². The van der Waals surface area contributed by atoms with Gasteiger partial charge in [0.1, 0.15) is 0 Å². The molecule has 0 aromatic heterocycles. The number of anilines is 1. The molecule has 2 heterocycles. The molecule has 1 aromatic rings. The number of benzene rings is 1. The molecule has 1 spiro atoms. The van der Waals surface area contributed by atoms with Crippen molar-refractivity contribution in [2.45, 2.75) is 32.1 Å². The number of amides is 2. The maximum absolute atomic E-state index is 12.8. The van der Waals surface area contributed by atoms with Crippen LogP contribution in [0.5, 0.6) is 0 Å². The topological polar surface area (TPSA) is 43.9 Å². The summed E-state index contributed by atoms with van der Waals surface area (Å²) in [6, 6.07) is 7.89. The standard InChI is InChI=1S/C19H24ClN3O2/c20-15-4-3-5-16(12-15)22-10-8-21(9-11-22)14-23-17(24)13-19(18(23)25)6-1-2-7-19/h3-5,12H,1-2,6-11,13-14H2. The van der Waals surface area contributed by atoms with Crippen LogP contribution in [0.2, 0.25) is 5.02 Å². The summed E-state index contributed by atoms with van der Waals surface area (Å²) in [5.74, 6) is 0.0939. The van der Waals surface area contributed by atoms with Crippen LogP contribution in [0.4, 0.5) is 5.69 Å². The van der Waals surface area contributed by atoms with Gasteiger partial charge in [-0.3, -0.25) is 19.4 Å². The van der Waals surface area contributed by atoms with E-state index in [2.05, 4.69) is 15.9 Å². The lowest BCUT2D eigenvalue weighted by atomic mass is 9.85. The number of nitrogens with zero attached hydrogens (tertiary/aromatic N) is 3. The zero-order valence-electron chi connectivity index (χ0n) is 14.4. The average molecular weight is 362 g/mol. The smallest absolute Gasteiger partial charge is 0.237 e. The summed E-state index contributed by atoms with van der Waals surface area (Å²) in [6.45, 7) is 3.89. The fraction of sp³-hybridized carbons (Fsp3) is 0.579. The van der Waals surface area contributed by atoms with Crippen LogP contribution in [-0.4, -0.2) is 54.5 Å². The number of rotatable bonds is 3. The average Bonchev–Trinajstić information content (AvgIpc) is 3.17. The fourth-order valence-electron chi connectivity index (χ4n) is 4.47. The third kappa shape index (κ3) is 3.15. The van der Waals surface area contributed by atoms with Gasteiger partial charge < -0.3 is 4.90 Å². The first kappa shape index (κ1) is 16.9. The molecule has 25 heavy (non-hydrogen) atoms. The number of hydrogen-bond donors (Lipinski definition) is 0. The third-order valence-corrected chi connectivity index (χ3v) is 6.17. The summed E-state index contributed by atoms with van der Waals surface area (Å²) in [6.07, 6.45) is 4.35. The Balaban J connectivity index is 1.36. The van der Waals surface area contributed by atoms with Crippen LogP contribution in [0, 0.1) is 5.41 Å². The molecule has 0 N–H and O–H groups in total. The first-order chi connectivity index (χ1) is 12.1. The number of carbonyl (C=O) groups excluding carboxylic acids is 2. The SMILES string of the molecule is O=C1CC2(CCCC2)C(=O)N1CN1CCN(c2cccc(Cl)c2)CC1. The number of hydrogen-bond acceptors (Lipinski definition) is 4. The van der Waals surface area contributed by atoms with Crippen LogP contribution < -0.4 is 4.90 Å². The van der Waals surface area contributed by atoms with Crippen molar-refractivity contribution in [3.63, 3.8) is 0 Å². The van der Waals surface area contributed by atoms with Crippen LogP contribution in [0.15, 0.2) is 24.3 Å². The zero-order chi connectivity index (χ0) is 17.4. The van der Waals surface area contributed by atoms with E-state index in [1.54, 1.807) is 0 Å². The molecule has 0 atom stereocenters. The summed E-state index contributed by atoms with van der Waals surface area (Å²) < 4.78 is 0. The first-order valence-electron chi connectivity index (χ1n) is 9.15. The lowest BCUT2D eigenvalue weighted by molar-refractivity contribution is -0.143. The predicted octanol–water partition coefficient (Wildman–Crippen LogP) is 2.74. The quantitative estimate of drug-likeness (QED) is 0.776. The molecule has 3 aliphatic rings. The summed E-state index contributed by atoms with van der Waals surface area (Å²) in [4.78, 5) is 31.2. The van der Waals surface area contributed by atoms with Crippen LogP contribution in [0.25, 0.3) is 0 Å². The number of likely N-dealkylation sites (tertiary alicyclic amines) is 1. The molecule has 0 radical (unpaired) electrons. The zero-order valence-corrected chi connectivity index (χ0v) is 15.2. The highest BCUT2D eigenvalue weighted by Crippen LogP contribution is 2.46. The molecule has 2 aliphatic heterocycles.